The van der Waals surface area contributed by atoms with Crippen LogP contribution in [0.1, 0.15) is 54.7 Å². The first-order chi connectivity index (χ1) is 17.5. The van der Waals surface area contributed by atoms with Crippen molar-refractivity contribution >= 4 is 26.8 Å². The summed E-state index contributed by atoms with van der Waals surface area (Å²) in [5, 5.41) is 0.472. The highest BCUT2D eigenvalue weighted by Gasteiger charge is 2.67. The van der Waals surface area contributed by atoms with Crippen molar-refractivity contribution in [1.29, 1.82) is 0 Å². The Morgan fingerprint density at radius 2 is 1.62 bits per heavy atom. The largest absolute Gasteiger partial charge is 0.414 e. The van der Waals surface area contributed by atoms with E-state index in [0.29, 0.717) is 0 Å². The lowest BCUT2D eigenvalue weighted by atomic mass is 9.89. The zero-order chi connectivity index (χ0) is 30.0. The molecular weight excluding hydrogens is 559 g/mol. The van der Waals surface area contributed by atoms with Crippen molar-refractivity contribution < 1.29 is 26.2 Å². The lowest BCUT2D eigenvalue weighted by Gasteiger charge is -2.43. The van der Waals surface area contributed by atoms with Gasteiger partial charge in [-0.2, -0.15) is 8.42 Å². The van der Waals surface area contributed by atoms with Crippen molar-refractivity contribution in [1.82, 2.24) is 9.13 Å². The van der Waals surface area contributed by atoms with Gasteiger partial charge in [0.15, 0.2) is 28.5 Å². The predicted molar refractivity (Wildman–Crippen MR) is 155 cm³/mol. The second-order valence-corrected chi connectivity index (χ2v) is 24.4. The van der Waals surface area contributed by atoms with Crippen LogP contribution in [-0.4, -0.2) is 58.6 Å². The molecule has 0 bridgehead atoms. The SMILES string of the molecule is CCn1c(=O)ccn([C@@H]2OC(CO[Si](C)(C)C(C)(C)C)C3(OS(=O)(=O)C=C3N)[C@H]2O[Si](C)(C)C(C)(C)C)c1=O. The van der Waals surface area contributed by atoms with Crippen LogP contribution in [0.3, 0.4) is 0 Å². The monoisotopic (exact) mass is 603 g/mol. The number of hydrogen-bond donors (Lipinski definition) is 1. The lowest BCUT2D eigenvalue weighted by molar-refractivity contribution is -0.0566. The average Bonchev–Trinajstić information content (AvgIpc) is 3.17. The van der Waals surface area contributed by atoms with Crippen molar-refractivity contribution in [2.75, 3.05) is 6.61 Å². The second-order valence-electron chi connectivity index (χ2n) is 13.4. The minimum atomic E-state index is -4.18. The molecule has 2 N–H and O–H groups in total. The van der Waals surface area contributed by atoms with Gasteiger partial charge in [-0.15, -0.1) is 0 Å². The normalized spacial score (nSPS) is 27.8. The van der Waals surface area contributed by atoms with E-state index in [1.54, 1.807) is 6.92 Å². The van der Waals surface area contributed by atoms with Gasteiger partial charge in [0.2, 0.25) is 0 Å². The molecule has 2 aliphatic heterocycles. The quantitative estimate of drug-likeness (QED) is 0.367. The van der Waals surface area contributed by atoms with Crippen LogP contribution in [0.4, 0.5) is 0 Å². The fourth-order valence-electron chi connectivity index (χ4n) is 4.23. The molecule has 1 saturated heterocycles. The summed E-state index contributed by atoms with van der Waals surface area (Å²) in [5.41, 5.74) is 3.56. The molecule has 14 heteroatoms. The van der Waals surface area contributed by atoms with Crippen molar-refractivity contribution in [3.05, 3.63) is 44.2 Å². The maximum absolute atomic E-state index is 13.5. The first-order valence-corrected chi connectivity index (χ1v) is 20.5. The van der Waals surface area contributed by atoms with Crippen LogP contribution < -0.4 is 17.0 Å². The zero-order valence-electron chi connectivity index (χ0n) is 25.0. The molecule has 3 rings (SSSR count). The number of aromatic nitrogens is 2. The van der Waals surface area contributed by atoms with Gasteiger partial charge in [0, 0.05) is 18.8 Å². The van der Waals surface area contributed by atoms with Crippen molar-refractivity contribution in [2.45, 2.75) is 115 Å². The molecule has 222 valence electrons. The topological polar surface area (TPSA) is 141 Å². The second kappa shape index (κ2) is 10.1. The standard InChI is InChI=1S/C25H45N3O8SSi2/c1-12-27-19(29)13-14-28(22(27)30)21-20(35-39(10,11)24(5,6)7)25(17(26)16-37(31,32)36-25)18(34-21)15-33-38(8,9)23(2,3)4/h13-14,16,18,20-21H,12,15,26H2,1-11H3/t18?,20-,21+,25?/m0/s1. The Morgan fingerprint density at radius 3 is 2.08 bits per heavy atom. The third-order valence-corrected chi connectivity index (χ3v) is 18.8. The van der Waals surface area contributed by atoms with Crippen LogP contribution in [0.5, 0.6) is 0 Å². The highest BCUT2D eigenvalue weighted by molar-refractivity contribution is 7.90. The number of nitrogens with zero attached hydrogens (tertiary/aromatic N) is 2. The smallest absolute Gasteiger partial charge is 0.333 e. The molecule has 39 heavy (non-hydrogen) atoms. The molecule has 2 aliphatic rings. The Labute approximate surface area is 233 Å². The summed E-state index contributed by atoms with van der Waals surface area (Å²) < 4.78 is 53.6. The molecular formula is C25H45N3O8SSi2. The van der Waals surface area contributed by atoms with Crippen molar-refractivity contribution in [3.8, 4) is 0 Å². The Morgan fingerprint density at radius 1 is 1.05 bits per heavy atom. The van der Waals surface area contributed by atoms with Crippen LogP contribution in [0.2, 0.25) is 36.3 Å². The van der Waals surface area contributed by atoms with Crippen LogP contribution in [0, 0.1) is 0 Å². The van der Waals surface area contributed by atoms with Gasteiger partial charge in [-0.25, -0.2) is 8.98 Å². The van der Waals surface area contributed by atoms with Gasteiger partial charge in [0.05, 0.1) is 17.7 Å². The molecule has 0 aliphatic carbocycles. The zero-order valence-corrected chi connectivity index (χ0v) is 27.8. The fourth-order valence-corrected chi connectivity index (χ4v) is 7.74. The van der Waals surface area contributed by atoms with Crippen molar-refractivity contribution in [3.63, 3.8) is 0 Å². The maximum atomic E-state index is 13.5. The molecule has 1 aromatic rings. The van der Waals surface area contributed by atoms with E-state index < -0.39 is 62.0 Å². The third-order valence-electron chi connectivity index (χ3n) is 8.76. The molecule has 3 heterocycles. The third kappa shape index (κ3) is 5.65. The molecule has 0 saturated carbocycles. The van der Waals surface area contributed by atoms with E-state index in [0.717, 1.165) is 9.98 Å². The van der Waals surface area contributed by atoms with E-state index >= 15 is 0 Å². The highest BCUT2D eigenvalue weighted by Crippen LogP contribution is 2.52. The molecule has 1 spiro atoms. The molecule has 0 radical (unpaired) electrons. The Kier molecular flexibility index (Phi) is 8.25. The summed E-state index contributed by atoms with van der Waals surface area (Å²) >= 11 is 0. The molecule has 11 nitrogen and oxygen atoms in total. The Balaban J connectivity index is 2.26. The van der Waals surface area contributed by atoms with Crippen LogP contribution in [0.25, 0.3) is 0 Å². The molecule has 4 atom stereocenters. The van der Waals surface area contributed by atoms with Gasteiger partial charge >= 0.3 is 5.69 Å². The highest BCUT2D eigenvalue weighted by atomic mass is 32.2. The van der Waals surface area contributed by atoms with E-state index in [9.17, 15) is 18.0 Å². The van der Waals surface area contributed by atoms with Gasteiger partial charge in [0.25, 0.3) is 15.7 Å². The first kappa shape index (κ1) is 32.0. The summed E-state index contributed by atoms with van der Waals surface area (Å²) in [4.78, 5) is 25.8. The number of nitrogens with two attached hydrogens (primary N) is 1. The number of rotatable bonds is 7. The summed E-state index contributed by atoms with van der Waals surface area (Å²) in [6, 6.07) is 1.27. The van der Waals surface area contributed by atoms with Crippen LogP contribution in [0.15, 0.2) is 33.0 Å². The number of hydrogen-bond acceptors (Lipinski definition) is 9. The first-order valence-electron chi connectivity index (χ1n) is 13.2. The van der Waals surface area contributed by atoms with Crippen LogP contribution in [-0.2, 0) is 34.4 Å². The van der Waals surface area contributed by atoms with E-state index in [1.165, 1.54) is 16.8 Å². The average molecular weight is 604 g/mol. The van der Waals surface area contributed by atoms with Gasteiger partial charge in [-0.3, -0.25) is 13.9 Å². The summed E-state index contributed by atoms with van der Waals surface area (Å²) in [6.07, 6.45) is -1.94. The molecule has 2 unspecified atom stereocenters. The molecule has 0 aromatic carbocycles. The minimum absolute atomic E-state index is 0.0312. The van der Waals surface area contributed by atoms with Crippen molar-refractivity contribution in [2.24, 2.45) is 5.73 Å². The van der Waals surface area contributed by atoms with E-state index in [1.807, 2.05) is 33.9 Å². The van der Waals surface area contributed by atoms with Gasteiger partial charge in [-0.1, -0.05) is 41.5 Å². The lowest BCUT2D eigenvalue weighted by Crippen LogP contribution is -2.59. The Bertz CT molecular complexity index is 1350. The van der Waals surface area contributed by atoms with E-state index in [2.05, 4.69) is 33.9 Å². The summed E-state index contributed by atoms with van der Waals surface area (Å²) in [5.74, 6) is 0. The van der Waals surface area contributed by atoms with E-state index in [-0.39, 0.29) is 28.9 Å². The summed E-state index contributed by atoms with van der Waals surface area (Å²) in [6.45, 7) is 22.4. The minimum Gasteiger partial charge on any atom is -0.414 e. The predicted octanol–water partition coefficient (Wildman–Crippen LogP) is 3.24. The van der Waals surface area contributed by atoms with Gasteiger partial charge in [0.1, 0.15) is 12.2 Å². The van der Waals surface area contributed by atoms with Gasteiger partial charge in [-0.05, 0) is 43.2 Å². The maximum Gasteiger partial charge on any atom is 0.333 e. The summed E-state index contributed by atoms with van der Waals surface area (Å²) in [7, 11) is -9.14. The molecule has 1 aromatic heterocycles. The van der Waals surface area contributed by atoms with Crippen LogP contribution >= 0.6 is 0 Å². The molecule has 0 amide bonds. The van der Waals surface area contributed by atoms with E-state index in [4.69, 9.17) is 23.5 Å². The Hall–Kier alpha value is -1.56. The fraction of sp³-hybridized carbons (Fsp3) is 0.760. The molecule has 1 fully saturated rings. The number of ether oxygens (including phenoxy) is 1. The van der Waals surface area contributed by atoms with Gasteiger partial charge < -0.3 is 19.3 Å².